The summed E-state index contributed by atoms with van der Waals surface area (Å²) in [5.41, 5.74) is 0.827. The number of terminal acetylenes is 1. The molecule has 0 unspecified atom stereocenters. The second kappa shape index (κ2) is 8.80. The molecule has 0 radical (unpaired) electrons. The molecule has 2 aromatic carbocycles. The number of amides is 1. The molecule has 0 aliphatic carbocycles. The number of ether oxygens (including phenoxy) is 1. The van der Waals surface area contributed by atoms with E-state index in [-0.39, 0.29) is 27.9 Å². The number of hydrogen-bond acceptors (Lipinski definition) is 3. The SMILES string of the molecule is C#CCOc1ccc(/C=C(/C#N)C(=O)Nc2c(Cl)cccc2Cl)cc1. The molecule has 4 nitrogen and oxygen atoms in total. The zero-order chi connectivity index (χ0) is 18.2. The van der Waals surface area contributed by atoms with Crippen molar-refractivity contribution in [1.82, 2.24) is 0 Å². The van der Waals surface area contributed by atoms with E-state index in [1.165, 1.54) is 6.08 Å². The number of hydrogen-bond donors (Lipinski definition) is 1. The summed E-state index contributed by atoms with van der Waals surface area (Å²) in [4.78, 5) is 12.3. The topological polar surface area (TPSA) is 62.1 Å². The third kappa shape index (κ3) is 5.02. The molecule has 0 fully saturated rings. The van der Waals surface area contributed by atoms with Crippen LogP contribution in [0.15, 0.2) is 48.0 Å². The van der Waals surface area contributed by atoms with Gasteiger partial charge in [-0.05, 0) is 35.9 Å². The standard InChI is InChI=1S/C19H12Cl2N2O2/c1-2-10-25-15-8-6-13(7-9-15)11-14(12-22)19(24)23-18-16(20)4-3-5-17(18)21/h1,3-9,11H,10H2,(H,23,24)/b14-11-. The van der Waals surface area contributed by atoms with Crippen LogP contribution in [0.4, 0.5) is 5.69 Å². The van der Waals surface area contributed by atoms with E-state index in [0.717, 1.165) is 0 Å². The summed E-state index contributed by atoms with van der Waals surface area (Å²) in [7, 11) is 0. The Bertz CT molecular complexity index is 871. The summed E-state index contributed by atoms with van der Waals surface area (Å²) < 4.78 is 5.26. The van der Waals surface area contributed by atoms with Crippen LogP contribution >= 0.6 is 23.2 Å². The van der Waals surface area contributed by atoms with Crippen molar-refractivity contribution in [2.75, 3.05) is 11.9 Å². The Morgan fingerprint density at radius 3 is 2.40 bits per heavy atom. The highest BCUT2D eigenvalue weighted by atomic mass is 35.5. The maximum Gasteiger partial charge on any atom is 0.266 e. The summed E-state index contributed by atoms with van der Waals surface area (Å²) in [6.07, 6.45) is 6.57. The number of halogens is 2. The van der Waals surface area contributed by atoms with Crippen molar-refractivity contribution in [3.63, 3.8) is 0 Å². The van der Waals surface area contributed by atoms with E-state index in [2.05, 4.69) is 11.2 Å². The first-order valence-corrected chi connectivity index (χ1v) is 7.84. The van der Waals surface area contributed by atoms with Crippen LogP contribution in [0.25, 0.3) is 6.08 Å². The van der Waals surface area contributed by atoms with Crippen molar-refractivity contribution < 1.29 is 9.53 Å². The van der Waals surface area contributed by atoms with E-state index in [0.29, 0.717) is 11.3 Å². The number of carbonyl (C=O) groups excluding carboxylic acids is 1. The lowest BCUT2D eigenvalue weighted by molar-refractivity contribution is -0.112. The molecule has 2 rings (SSSR count). The van der Waals surface area contributed by atoms with Gasteiger partial charge in [0.15, 0.2) is 0 Å². The Hall–Kier alpha value is -2.92. The normalized spacial score (nSPS) is 10.5. The fraction of sp³-hybridized carbons (Fsp3) is 0.0526. The predicted octanol–water partition coefficient (Wildman–Crippen LogP) is 4.55. The first kappa shape index (κ1) is 18.4. The van der Waals surface area contributed by atoms with Crippen LogP contribution in [0.1, 0.15) is 5.56 Å². The van der Waals surface area contributed by atoms with Gasteiger partial charge >= 0.3 is 0 Å². The molecule has 25 heavy (non-hydrogen) atoms. The number of anilines is 1. The molecule has 0 atom stereocenters. The molecule has 124 valence electrons. The molecule has 0 aromatic heterocycles. The smallest absolute Gasteiger partial charge is 0.266 e. The molecule has 1 N–H and O–H groups in total. The molecule has 2 aromatic rings. The lowest BCUT2D eigenvalue weighted by atomic mass is 10.1. The van der Waals surface area contributed by atoms with Gasteiger partial charge in [-0.1, -0.05) is 47.3 Å². The van der Waals surface area contributed by atoms with Crippen molar-refractivity contribution >= 4 is 40.9 Å². The van der Waals surface area contributed by atoms with Gasteiger partial charge in [-0.3, -0.25) is 4.79 Å². The van der Waals surface area contributed by atoms with E-state index in [1.807, 2.05) is 6.07 Å². The number of benzene rings is 2. The molecule has 6 heteroatoms. The van der Waals surface area contributed by atoms with Crippen LogP contribution in [0.5, 0.6) is 5.75 Å². The third-order valence-corrected chi connectivity index (χ3v) is 3.71. The van der Waals surface area contributed by atoms with Gasteiger partial charge in [0.25, 0.3) is 5.91 Å². The van der Waals surface area contributed by atoms with Gasteiger partial charge in [-0.15, -0.1) is 6.42 Å². The van der Waals surface area contributed by atoms with Gasteiger partial charge in [0.2, 0.25) is 0 Å². The van der Waals surface area contributed by atoms with Gasteiger partial charge in [-0.25, -0.2) is 0 Å². The fourth-order valence-electron chi connectivity index (χ4n) is 1.90. The fourth-order valence-corrected chi connectivity index (χ4v) is 2.39. The summed E-state index contributed by atoms with van der Waals surface area (Å²) in [5.74, 6) is 2.36. The molecular weight excluding hydrogens is 359 g/mol. The molecule has 0 aliphatic heterocycles. The Labute approximate surface area is 155 Å². The van der Waals surface area contributed by atoms with Gasteiger partial charge in [0, 0.05) is 0 Å². The van der Waals surface area contributed by atoms with Crippen LogP contribution in [0.3, 0.4) is 0 Å². The van der Waals surface area contributed by atoms with Crippen LogP contribution < -0.4 is 10.1 Å². The Morgan fingerprint density at radius 1 is 1.20 bits per heavy atom. The lowest BCUT2D eigenvalue weighted by Gasteiger charge is -2.08. The number of para-hydroxylation sites is 1. The summed E-state index contributed by atoms with van der Waals surface area (Å²) in [6, 6.07) is 13.5. The number of nitriles is 1. The van der Waals surface area contributed by atoms with Crippen LogP contribution in [-0.4, -0.2) is 12.5 Å². The van der Waals surface area contributed by atoms with E-state index in [4.69, 9.17) is 34.4 Å². The van der Waals surface area contributed by atoms with Crippen molar-refractivity contribution in [3.8, 4) is 24.2 Å². The minimum atomic E-state index is -0.606. The van der Waals surface area contributed by atoms with Crippen LogP contribution in [0.2, 0.25) is 10.0 Å². The van der Waals surface area contributed by atoms with E-state index >= 15 is 0 Å². The monoisotopic (exact) mass is 370 g/mol. The largest absolute Gasteiger partial charge is 0.481 e. The Balaban J connectivity index is 2.18. The maximum atomic E-state index is 12.3. The minimum Gasteiger partial charge on any atom is -0.481 e. The van der Waals surface area contributed by atoms with Crippen molar-refractivity contribution in [3.05, 3.63) is 63.6 Å². The van der Waals surface area contributed by atoms with Gasteiger partial charge in [0.05, 0.1) is 15.7 Å². The average molecular weight is 371 g/mol. The Kier molecular flexibility index (Phi) is 6.48. The van der Waals surface area contributed by atoms with E-state index in [1.54, 1.807) is 42.5 Å². The predicted molar refractivity (Wildman–Crippen MR) is 99.5 cm³/mol. The lowest BCUT2D eigenvalue weighted by Crippen LogP contribution is -2.14. The first-order chi connectivity index (χ1) is 12.0. The average Bonchev–Trinajstić information content (AvgIpc) is 2.62. The Morgan fingerprint density at radius 2 is 1.84 bits per heavy atom. The maximum absolute atomic E-state index is 12.3. The van der Waals surface area contributed by atoms with Crippen molar-refractivity contribution in [1.29, 1.82) is 5.26 Å². The number of nitrogens with zero attached hydrogens (tertiary/aromatic N) is 1. The number of carbonyl (C=O) groups is 1. The van der Waals surface area contributed by atoms with E-state index in [9.17, 15) is 10.1 Å². The molecule has 0 bridgehead atoms. The quantitative estimate of drug-likeness (QED) is 0.477. The van der Waals surface area contributed by atoms with Crippen LogP contribution in [0, 0.1) is 23.7 Å². The molecule has 0 saturated heterocycles. The van der Waals surface area contributed by atoms with Crippen LogP contribution in [-0.2, 0) is 4.79 Å². The van der Waals surface area contributed by atoms with Gasteiger partial charge < -0.3 is 10.1 Å². The summed E-state index contributed by atoms with van der Waals surface area (Å²) in [5, 5.41) is 12.4. The number of rotatable bonds is 5. The zero-order valence-electron chi connectivity index (χ0n) is 12.9. The highest BCUT2D eigenvalue weighted by Gasteiger charge is 2.13. The van der Waals surface area contributed by atoms with Crippen molar-refractivity contribution in [2.24, 2.45) is 0 Å². The molecule has 0 saturated carbocycles. The minimum absolute atomic E-state index is 0.0896. The molecule has 0 heterocycles. The second-order valence-corrected chi connectivity index (χ2v) is 5.60. The summed E-state index contributed by atoms with van der Waals surface area (Å²) in [6.45, 7) is 0.166. The molecule has 0 aliphatic rings. The highest BCUT2D eigenvalue weighted by Crippen LogP contribution is 2.30. The van der Waals surface area contributed by atoms with Gasteiger partial charge in [0.1, 0.15) is 24.0 Å². The zero-order valence-corrected chi connectivity index (χ0v) is 14.4. The molecular formula is C19H12Cl2N2O2. The van der Waals surface area contributed by atoms with Crippen molar-refractivity contribution in [2.45, 2.75) is 0 Å². The van der Waals surface area contributed by atoms with E-state index < -0.39 is 5.91 Å². The number of nitrogens with one attached hydrogen (secondary N) is 1. The second-order valence-electron chi connectivity index (χ2n) is 4.78. The third-order valence-electron chi connectivity index (χ3n) is 3.08. The first-order valence-electron chi connectivity index (χ1n) is 7.08. The highest BCUT2D eigenvalue weighted by molar-refractivity contribution is 6.40. The molecule has 0 spiro atoms. The summed E-state index contributed by atoms with van der Waals surface area (Å²) >= 11 is 12.0. The molecule has 1 amide bonds. The van der Waals surface area contributed by atoms with Gasteiger partial charge in [-0.2, -0.15) is 5.26 Å².